The van der Waals surface area contributed by atoms with Crippen LogP contribution in [0.1, 0.15) is 0 Å². The first-order valence-corrected chi connectivity index (χ1v) is 18.5. The highest BCUT2D eigenvalue weighted by Gasteiger charge is 2.18. The summed E-state index contributed by atoms with van der Waals surface area (Å²) >= 11 is 1.87. The third-order valence-electron chi connectivity index (χ3n) is 10.8. The van der Waals surface area contributed by atoms with Crippen LogP contribution in [0, 0.1) is 0 Å². The molecular formula is C49H29NOS. The number of nitrogens with zero attached hydrogens (tertiary/aromatic N) is 1. The SMILES string of the molecule is O=c1c2ccccc2c2cc(-c3cccc4c3sc3c(-c5ccc6c7ccccc7c7ccccc7c6c5)cccc34)ccc2n1-c1ccccc1. The molecule has 0 N–H and O–H groups in total. The van der Waals surface area contributed by atoms with E-state index in [-0.39, 0.29) is 5.56 Å². The van der Waals surface area contributed by atoms with Crippen LogP contribution < -0.4 is 5.56 Å². The van der Waals surface area contributed by atoms with Crippen molar-refractivity contribution in [3.05, 3.63) is 186 Å². The minimum absolute atomic E-state index is 0.00365. The van der Waals surface area contributed by atoms with Crippen LogP contribution in [-0.4, -0.2) is 4.57 Å². The molecule has 0 saturated carbocycles. The molecule has 0 aliphatic heterocycles. The van der Waals surface area contributed by atoms with E-state index >= 15 is 0 Å². The zero-order valence-corrected chi connectivity index (χ0v) is 28.8. The summed E-state index contributed by atoms with van der Waals surface area (Å²) in [7, 11) is 0. The lowest BCUT2D eigenvalue weighted by atomic mass is 9.92. The van der Waals surface area contributed by atoms with Gasteiger partial charge in [0.05, 0.1) is 5.52 Å². The van der Waals surface area contributed by atoms with Gasteiger partial charge in [-0.1, -0.05) is 140 Å². The Morgan fingerprint density at radius 1 is 0.346 bits per heavy atom. The molecule has 0 bridgehead atoms. The topological polar surface area (TPSA) is 22.0 Å². The highest BCUT2D eigenvalue weighted by atomic mass is 32.1. The molecule has 9 aromatic carbocycles. The van der Waals surface area contributed by atoms with Gasteiger partial charge in [0, 0.05) is 36.6 Å². The Kier molecular flexibility index (Phi) is 6.31. The fourth-order valence-electron chi connectivity index (χ4n) is 8.43. The largest absolute Gasteiger partial charge is 0.276 e. The number of aromatic nitrogens is 1. The molecule has 0 unspecified atom stereocenters. The minimum atomic E-state index is -0.00365. The third kappa shape index (κ3) is 4.21. The first kappa shape index (κ1) is 29.2. The lowest BCUT2D eigenvalue weighted by molar-refractivity contribution is 1.06. The molecule has 242 valence electrons. The van der Waals surface area contributed by atoms with Crippen molar-refractivity contribution in [3.8, 4) is 27.9 Å². The maximum Gasteiger partial charge on any atom is 0.263 e. The van der Waals surface area contributed by atoms with Crippen LogP contribution in [0.25, 0.3) is 102 Å². The first-order valence-electron chi connectivity index (χ1n) is 17.6. The van der Waals surface area contributed by atoms with E-state index in [1.807, 2.05) is 64.4 Å². The number of fused-ring (bicyclic) bond motifs is 12. The molecule has 11 rings (SSSR count). The molecule has 0 fully saturated rings. The summed E-state index contributed by atoms with van der Waals surface area (Å²) in [5.74, 6) is 0. The summed E-state index contributed by atoms with van der Waals surface area (Å²) in [6.45, 7) is 0. The van der Waals surface area contributed by atoms with Gasteiger partial charge in [0.25, 0.3) is 5.56 Å². The van der Waals surface area contributed by atoms with E-state index in [2.05, 4.69) is 127 Å². The average molecular weight is 680 g/mol. The first-order chi connectivity index (χ1) is 25.7. The van der Waals surface area contributed by atoms with Gasteiger partial charge in [0.2, 0.25) is 0 Å². The van der Waals surface area contributed by atoms with Crippen LogP contribution in [0.15, 0.2) is 181 Å². The van der Waals surface area contributed by atoms with Crippen LogP contribution in [-0.2, 0) is 0 Å². The van der Waals surface area contributed by atoms with E-state index in [0.29, 0.717) is 0 Å². The highest BCUT2D eigenvalue weighted by molar-refractivity contribution is 7.26. The summed E-state index contributed by atoms with van der Waals surface area (Å²) in [6, 6.07) is 62.4. The number of thiophene rings is 1. The van der Waals surface area contributed by atoms with Crippen LogP contribution in [0.5, 0.6) is 0 Å². The molecule has 0 amide bonds. The Labute approximate surface area is 303 Å². The minimum Gasteiger partial charge on any atom is -0.276 e. The maximum absolute atomic E-state index is 13.9. The average Bonchev–Trinajstić information content (AvgIpc) is 3.61. The molecule has 0 spiro atoms. The second-order valence-corrected chi connectivity index (χ2v) is 14.6. The van der Waals surface area contributed by atoms with Gasteiger partial charge < -0.3 is 0 Å². The maximum atomic E-state index is 13.9. The molecule has 2 nitrogen and oxygen atoms in total. The molecular weight excluding hydrogens is 651 g/mol. The van der Waals surface area contributed by atoms with Crippen molar-refractivity contribution in [1.29, 1.82) is 0 Å². The van der Waals surface area contributed by atoms with Gasteiger partial charge >= 0.3 is 0 Å². The molecule has 2 heterocycles. The quantitative estimate of drug-likeness (QED) is 0.170. The van der Waals surface area contributed by atoms with Crippen LogP contribution in [0.2, 0.25) is 0 Å². The number of benzene rings is 9. The van der Waals surface area contributed by atoms with Gasteiger partial charge in [-0.2, -0.15) is 0 Å². The van der Waals surface area contributed by atoms with Crippen molar-refractivity contribution < 1.29 is 0 Å². The summed E-state index contributed by atoms with van der Waals surface area (Å²) in [5, 5.41) is 13.0. The predicted molar refractivity (Wildman–Crippen MR) is 223 cm³/mol. The van der Waals surface area contributed by atoms with Crippen LogP contribution in [0.4, 0.5) is 0 Å². The molecule has 3 heteroatoms. The molecule has 2 aromatic heterocycles. The van der Waals surface area contributed by atoms with Crippen molar-refractivity contribution in [3.63, 3.8) is 0 Å². The van der Waals surface area contributed by atoms with Crippen LogP contribution >= 0.6 is 11.3 Å². The fourth-order valence-corrected chi connectivity index (χ4v) is 9.80. The molecule has 11 aromatic rings. The molecule has 0 saturated heterocycles. The summed E-state index contributed by atoms with van der Waals surface area (Å²) < 4.78 is 4.41. The lowest BCUT2D eigenvalue weighted by Gasteiger charge is -2.15. The van der Waals surface area contributed by atoms with E-state index in [1.165, 1.54) is 69.2 Å². The van der Waals surface area contributed by atoms with Crippen LogP contribution in [0.3, 0.4) is 0 Å². The lowest BCUT2D eigenvalue weighted by Crippen LogP contribution is -2.19. The van der Waals surface area contributed by atoms with E-state index in [1.54, 1.807) is 0 Å². The molecule has 0 aliphatic carbocycles. The number of rotatable bonds is 3. The Morgan fingerprint density at radius 3 is 1.38 bits per heavy atom. The third-order valence-corrected chi connectivity index (χ3v) is 12.1. The summed E-state index contributed by atoms with van der Waals surface area (Å²) in [5.41, 5.74) is 6.58. The number of pyridine rings is 1. The second kappa shape index (κ2) is 11.2. The molecule has 0 aliphatic rings. The Balaban J connectivity index is 1.13. The normalized spacial score (nSPS) is 11.9. The monoisotopic (exact) mass is 679 g/mol. The number of hydrogen-bond donors (Lipinski definition) is 0. The van der Waals surface area contributed by atoms with E-state index < -0.39 is 0 Å². The predicted octanol–water partition coefficient (Wildman–Crippen LogP) is 13.3. The van der Waals surface area contributed by atoms with Gasteiger partial charge in [-0.25, -0.2) is 0 Å². The Hall–Kier alpha value is -6.55. The number of para-hydroxylation sites is 1. The zero-order valence-electron chi connectivity index (χ0n) is 28.0. The van der Waals surface area contributed by atoms with Gasteiger partial charge in [0.1, 0.15) is 0 Å². The molecule has 52 heavy (non-hydrogen) atoms. The smallest absolute Gasteiger partial charge is 0.263 e. The van der Waals surface area contributed by atoms with Gasteiger partial charge in [-0.3, -0.25) is 9.36 Å². The van der Waals surface area contributed by atoms with Crippen molar-refractivity contribution in [2.75, 3.05) is 0 Å². The second-order valence-electron chi connectivity index (χ2n) is 13.6. The van der Waals surface area contributed by atoms with Gasteiger partial charge in [-0.05, 0) is 96.4 Å². The van der Waals surface area contributed by atoms with Gasteiger partial charge in [0.15, 0.2) is 0 Å². The number of hydrogen-bond acceptors (Lipinski definition) is 2. The van der Waals surface area contributed by atoms with Crippen molar-refractivity contribution in [2.24, 2.45) is 0 Å². The van der Waals surface area contributed by atoms with E-state index in [9.17, 15) is 4.79 Å². The van der Waals surface area contributed by atoms with Crippen molar-refractivity contribution in [2.45, 2.75) is 0 Å². The summed E-state index contributed by atoms with van der Waals surface area (Å²) in [4.78, 5) is 13.9. The molecule has 0 atom stereocenters. The fraction of sp³-hybridized carbons (Fsp3) is 0. The van der Waals surface area contributed by atoms with Crippen molar-refractivity contribution >= 4 is 85.5 Å². The zero-order chi connectivity index (χ0) is 34.3. The van der Waals surface area contributed by atoms with E-state index in [0.717, 1.165) is 32.9 Å². The summed E-state index contributed by atoms with van der Waals surface area (Å²) in [6.07, 6.45) is 0. The Bertz CT molecular complexity index is 3280. The Morgan fingerprint density at radius 2 is 0.788 bits per heavy atom. The van der Waals surface area contributed by atoms with Crippen molar-refractivity contribution in [1.82, 2.24) is 4.57 Å². The van der Waals surface area contributed by atoms with Gasteiger partial charge in [-0.15, -0.1) is 11.3 Å². The standard InChI is InChI=1S/C49H29NOS/c51-49-43-19-9-8-18-39(43)45-29-31(25-27-46(45)50(49)32-12-2-1-3-13-32)34-21-11-23-42-41-22-10-20-33(47(41)52-48(34)42)30-24-26-40-37-16-5-4-14-35(37)36-15-6-7-17-38(36)44(40)28-30/h1-29H. The molecule has 0 radical (unpaired) electrons. The van der Waals surface area contributed by atoms with E-state index in [4.69, 9.17) is 0 Å². The highest BCUT2D eigenvalue weighted by Crippen LogP contribution is 2.45.